The van der Waals surface area contributed by atoms with Crippen LogP contribution in [-0.4, -0.2) is 72.7 Å². The zero-order valence-electron chi connectivity index (χ0n) is 24.4. The van der Waals surface area contributed by atoms with E-state index in [0.717, 1.165) is 88.1 Å². The van der Waals surface area contributed by atoms with Crippen LogP contribution in [0.2, 0.25) is 0 Å². The van der Waals surface area contributed by atoms with Crippen LogP contribution in [0.15, 0.2) is 47.4 Å². The molecule has 0 bridgehead atoms. The SMILES string of the molecule is CCCCN(CCCC)C(=O)c1ccc2nc(Nc3ccc(S(C)(=O)=O)cc3)n(CCCN3CCCCC3)c2c1. The Hall–Kier alpha value is -2.91. The molecule has 0 spiro atoms. The average molecular weight is 568 g/mol. The zero-order valence-corrected chi connectivity index (χ0v) is 25.2. The van der Waals surface area contributed by atoms with E-state index in [9.17, 15) is 13.2 Å². The molecule has 9 heteroatoms. The van der Waals surface area contributed by atoms with Crippen molar-refractivity contribution in [1.29, 1.82) is 0 Å². The fraction of sp³-hybridized carbons (Fsp3) is 0.548. The molecule has 1 aliphatic rings. The monoisotopic (exact) mass is 567 g/mol. The number of hydrogen-bond donors (Lipinski definition) is 1. The van der Waals surface area contributed by atoms with E-state index in [2.05, 4.69) is 28.6 Å². The first kappa shape index (κ1) is 30.1. The number of fused-ring (bicyclic) bond motifs is 1. The summed E-state index contributed by atoms with van der Waals surface area (Å²) in [4.78, 5) is 23.3. The molecule has 1 N–H and O–H groups in total. The maximum absolute atomic E-state index is 13.6. The van der Waals surface area contributed by atoms with Crippen LogP contribution >= 0.6 is 0 Å². The fourth-order valence-electron chi connectivity index (χ4n) is 5.32. The molecular weight excluding hydrogens is 522 g/mol. The van der Waals surface area contributed by atoms with Crippen LogP contribution in [0.1, 0.15) is 75.6 Å². The molecule has 3 aromatic rings. The summed E-state index contributed by atoms with van der Waals surface area (Å²) in [5.74, 6) is 0.773. The van der Waals surface area contributed by atoms with Crippen LogP contribution in [0.25, 0.3) is 11.0 Å². The van der Waals surface area contributed by atoms with E-state index >= 15 is 0 Å². The lowest BCUT2D eigenvalue weighted by Gasteiger charge is -2.26. The molecule has 1 aromatic heterocycles. The smallest absolute Gasteiger partial charge is 0.253 e. The Kier molecular flexibility index (Phi) is 10.6. The van der Waals surface area contributed by atoms with Gasteiger partial charge in [-0.25, -0.2) is 13.4 Å². The van der Waals surface area contributed by atoms with Crippen LogP contribution < -0.4 is 5.32 Å². The predicted molar refractivity (Wildman–Crippen MR) is 163 cm³/mol. The minimum Gasteiger partial charge on any atom is -0.339 e. The van der Waals surface area contributed by atoms with Gasteiger partial charge >= 0.3 is 0 Å². The number of anilines is 2. The van der Waals surface area contributed by atoms with Crippen molar-refractivity contribution >= 4 is 38.4 Å². The normalized spacial score (nSPS) is 14.5. The van der Waals surface area contributed by atoms with Gasteiger partial charge in [-0.3, -0.25) is 4.79 Å². The Morgan fingerprint density at radius 3 is 2.23 bits per heavy atom. The second-order valence-electron chi connectivity index (χ2n) is 11.0. The third-order valence-corrected chi connectivity index (χ3v) is 8.82. The molecule has 1 saturated heterocycles. The summed E-state index contributed by atoms with van der Waals surface area (Å²) in [6.07, 6.45) is 10.1. The van der Waals surface area contributed by atoms with E-state index < -0.39 is 9.84 Å². The van der Waals surface area contributed by atoms with Crippen LogP contribution in [0.3, 0.4) is 0 Å². The minimum atomic E-state index is -3.27. The van der Waals surface area contributed by atoms with Gasteiger partial charge in [-0.15, -0.1) is 0 Å². The van der Waals surface area contributed by atoms with E-state index in [0.29, 0.717) is 11.5 Å². The number of carbonyl (C=O) groups excluding carboxylic acids is 1. The standard InChI is InChI=1S/C31H45N5O3S/c1-4-6-21-35(22-7-5-2)30(37)25-12-17-28-29(24-25)36(23-11-20-34-18-9-8-10-19-34)31(33-28)32-26-13-15-27(16-14-26)40(3,38)39/h12-17,24H,4-11,18-23H2,1-3H3,(H,32,33). The number of benzene rings is 2. The van der Waals surface area contributed by atoms with Crippen LogP contribution in [0, 0.1) is 0 Å². The molecule has 40 heavy (non-hydrogen) atoms. The van der Waals surface area contributed by atoms with Crippen molar-refractivity contribution in [1.82, 2.24) is 19.4 Å². The number of rotatable bonds is 14. The largest absolute Gasteiger partial charge is 0.339 e. The third kappa shape index (κ3) is 7.85. The van der Waals surface area contributed by atoms with Gasteiger partial charge < -0.3 is 19.7 Å². The number of imidazole rings is 1. The van der Waals surface area contributed by atoms with Crippen molar-refractivity contribution in [3.8, 4) is 0 Å². The fourth-order valence-corrected chi connectivity index (χ4v) is 5.95. The Labute approximate surface area is 239 Å². The highest BCUT2D eigenvalue weighted by atomic mass is 32.2. The summed E-state index contributed by atoms with van der Waals surface area (Å²) in [7, 11) is -3.27. The maximum Gasteiger partial charge on any atom is 0.253 e. The molecule has 0 radical (unpaired) electrons. The van der Waals surface area contributed by atoms with Crippen molar-refractivity contribution in [2.24, 2.45) is 0 Å². The van der Waals surface area contributed by atoms with E-state index in [1.165, 1.54) is 25.5 Å². The first-order chi connectivity index (χ1) is 19.3. The minimum absolute atomic E-state index is 0.0794. The van der Waals surface area contributed by atoms with E-state index in [1.807, 2.05) is 23.1 Å². The molecule has 2 aromatic carbocycles. The third-order valence-electron chi connectivity index (χ3n) is 7.69. The molecule has 8 nitrogen and oxygen atoms in total. The molecule has 0 unspecified atom stereocenters. The number of amides is 1. The predicted octanol–water partition coefficient (Wildman–Crippen LogP) is 6.10. The highest BCUT2D eigenvalue weighted by molar-refractivity contribution is 7.90. The lowest BCUT2D eigenvalue weighted by molar-refractivity contribution is 0.0751. The molecule has 2 heterocycles. The van der Waals surface area contributed by atoms with Gasteiger partial charge in [0.25, 0.3) is 5.91 Å². The number of aryl methyl sites for hydroxylation is 1. The topological polar surface area (TPSA) is 87.5 Å². The number of aromatic nitrogens is 2. The Bertz CT molecular complexity index is 1350. The average Bonchev–Trinajstić information content (AvgIpc) is 3.29. The maximum atomic E-state index is 13.6. The molecule has 4 rings (SSSR count). The number of hydrogen-bond acceptors (Lipinski definition) is 6. The second-order valence-corrected chi connectivity index (χ2v) is 13.0. The first-order valence-electron chi connectivity index (χ1n) is 14.9. The van der Waals surface area contributed by atoms with Crippen LogP contribution in [0.4, 0.5) is 11.6 Å². The lowest BCUT2D eigenvalue weighted by atomic mass is 10.1. The van der Waals surface area contributed by atoms with Gasteiger partial charge in [0.15, 0.2) is 9.84 Å². The number of unbranched alkanes of at least 4 members (excludes halogenated alkanes) is 2. The van der Waals surface area contributed by atoms with Crippen molar-refractivity contribution < 1.29 is 13.2 Å². The lowest BCUT2D eigenvalue weighted by Crippen LogP contribution is -2.33. The van der Waals surface area contributed by atoms with Crippen molar-refractivity contribution in [3.63, 3.8) is 0 Å². The van der Waals surface area contributed by atoms with Gasteiger partial charge in [-0.2, -0.15) is 0 Å². The molecular formula is C31H45N5O3S. The molecule has 218 valence electrons. The number of piperidine rings is 1. The highest BCUT2D eigenvalue weighted by Crippen LogP contribution is 2.26. The molecule has 1 fully saturated rings. The van der Waals surface area contributed by atoms with E-state index in [-0.39, 0.29) is 10.8 Å². The van der Waals surface area contributed by atoms with Crippen molar-refractivity contribution in [2.75, 3.05) is 44.3 Å². The number of carbonyl (C=O) groups is 1. The van der Waals surface area contributed by atoms with Gasteiger partial charge in [-0.1, -0.05) is 33.1 Å². The van der Waals surface area contributed by atoms with E-state index in [4.69, 9.17) is 4.98 Å². The summed E-state index contributed by atoms with van der Waals surface area (Å²) in [6, 6.07) is 12.6. The molecule has 1 aliphatic heterocycles. The quantitative estimate of drug-likeness (QED) is 0.253. The number of sulfone groups is 1. The van der Waals surface area contributed by atoms with Gasteiger partial charge in [-0.05, 0) is 94.2 Å². The molecule has 0 atom stereocenters. The molecule has 1 amide bonds. The van der Waals surface area contributed by atoms with Gasteiger partial charge in [0.05, 0.1) is 15.9 Å². The molecule has 0 saturated carbocycles. The Morgan fingerprint density at radius 1 is 0.925 bits per heavy atom. The van der Waals surface area contributed by atoms with E-state index in [1.54, 1.807) is 24.3 Å². The second kappa shape index (κ2) is 14.1. The van der Waals surface area contributed by atoms with Gasteiger partial charge in [0.1, 0.15) is 0 Å². The molecule has 0 aliphatic carbocycles. The van der Waals surface area contributed by atoms with Gasteiger partial charge in [0, 0.05) is 37.1 Å². The van der Waals surface area contributed by atoms with Crippen molar-refractivity contribution in [2.45, 2.75) is 76.7 Å². The number of nitrogens with zero attached hydrogens (tertiary/aromatic N) is 4. The Balaban J connectivity index is 1.62. The van der Waals surface area contributed by atoms with Crippen LogP contribution in [-0.2, 0) is 16.4 Å². The number of nitrogens with one attached hydrogen (secondary N) is 1. The van der Waals surface area contributed by atoms with Crippen molar-refractivity contribution in [3.05, 3.63) is 48.0 Å². The summed E-state index contributed by atoms with van der Waals surface area (Å²) in [6.45, 7) is 9.98. The highest BCUT2D eigenvalue weighted by Gasteiger charge is 2.19. The first-order valence-corrected chi connectivity index (χ1v) is 16.8. The summed E-state index contributed by atoms with van der Waals surface area (Å²) >= 11 is 0. The number of likely N-dealkylation sites (tertiary alicyclic amines) is 1. The Morgan fingerprint density at radius 2 is 1.60 bits per heavy atom. The summed E-state index contributed by atoms with van der Waals surface area (Å²) < 4.78 is 26.0. The summed E-state index contributed by atoms with van der Waals surface area (Å²) in [5.41, 5.74) is 3.23. The zero-order chi connectivity index (χ0) is 28.5. The summed E-state index contributed by atoms with van der Waals surface area (Å²) in [5, 5.41) is 3.40. The van der Waals surface area contributed by atoms with Crippen LogP contribution in [0.5, 0.6) is 0 Å². The van der Waals surface area contributed by atoms with Gasteiger partial charge in [0.2, 0.25) is 5.95 Å².